The first-order chi connectivity index (χ1) is 7.10. The SMILES string of the molecule is COC(=O)[C@@H]1C[C@H](O)[C@@H](I)CN1BC=O. The van der Waals surface area contributed by atoms with Gasteiger partial charge in [-0.15, -0.1) is 0 Å². The summed E-state index contributed by atoms with van der Waals surface area (Å²) < 4.78 is 4.68. The highest BCUT2D eigenvalue weighted by Gasteiger charge is 2.37. The lowest BCUT2D eigenvalue weighted by Crippen LogP contribution is -2.55. The van der Waals surface area contributed by atoms with Crippen molar-refractivity contribution >= 4 is 42.2 Å². The monoisotopic (exact) mass is 325 g/mol. The van der Waals surface area contributed by atoms with Crippen molar-refractivity contribution in [2.24, 2.45) is 0 Å². The van der Waals surface area contributed by atoms with Crippen LogP contribution >= 0.6 is 22.6 Å². The summed E-state index contributed by atoms with van der Waals surface area (Å²) in [7, 11) is 1.51. The summed E-state index contributed by atoms with van der Waals surface area (Å²) in [5.74, 6) is -0.390. The zero-order valence-corrected chi connectivity index (χ0v) is 10.6. The molecular formula is C8H13BINO4. The Labute approximate surface area is 103 Å². The number of carbonyl (C=O) groups is 2. The van der Waals surface area contributed by atoms with Gasteiger partial charge >= 0.3 is 5.97 Å². The van der Waals surface area contributed by atoms with E-state index in [2.05, 4.69) is 27.3 Å². The lowest BCUT2D eigenvalue weighted by atomic mass is 9.86. The fourth-order valence-electron chi connectivity index (χ4n) is 1.68. The molecular weight excluding hydrogens is 312 g/mol. The lowest BCUT2D eigenvalue weighted by molar-refractivity contribution is -0.147. The Morgan fingerprint density at radius 3 is 2.93 bits per heavy atom. The van der Waals surface area contributed by atoms with Gasteiger partial charge in [-0.05, 0) is 6.42 Å². The number of hydrogen-bond acceptors (Lipinski definition) is 5. The second-order valence-corrected chi connectivity index (χ2v) is 5.08. The number of ether oxygens (including phenoxy) is 1. The smallest absolute Gasteiger partial charge is 0.322 e. The van der Waals surface area contributed by atoms with E-state index in [1.807, 2.05) is 0 Å². The first-order valence-electron chi connectivity index (χ1n) is 4.67. The number of carbonyl (C=O) groups excluding carboxylic acids is 2. The number of hydrogen-bond donors (Lipinski definition) is 1. The summed E-state index contributed by atoms with van der Waals surface area (Å²) in [5, 5.41) is 9.65. The number of methoxy groups -OCH3 is 1. The Kier molecular flexibility index (Phi) is 5.00. The molecule has 1 heterocycles. The van der Waals surface area contributed by atoms with Gasteiger partial charge in [0.05, 0.1) is 19.4 Å². The lowest BCUT2D eigenvalue weighted by Gasteiger charge is -2.37. The summed E-state index contributed by atoms with van der Waals surface area (Å²) in [5.41, 5.74) is 0. The molecule has 0 saturated carbocycles. The molecule has 0 bridgehead atoms. The van der Waals surface area contributed by atoms with Gasteiger partial charge in [0.15, 0.2) is 0 Å². The minimum atomic E-state index is -0.516. The van der Waals surface area contributed by atoms with Crippen LogP contribution in [0.1, 0.15) is 6.42 Å². The van der Waals surface area contributed by atoms with E-state index in [1.54, 1.807) is 4.81 Å². The van der Waals surface area contributed by atoms with Gasteiger partial charge in [-0.2, -0.15) is 0 Å². The van der Waals surface area contributed by atoms with Crippen LogP contribution in [0.25, 0.3) is 0 Å². The highest BCUT2D eigenvalue weighted by Crippen LogP contribution is 2.23. The average Bonchev–Trinajstić information content (AvgIpc) is 2.22. The minimum Gasteiger partial charge on any atom is -0.468 e. The first-order valence-corrected chi connectivity index (χ1v) is 5.92. The average molecular weight is 325 g/mol. The van der Waals surface area contributed by atoms with E-state index in [0.717, 1.165) is 6.19 Å². The van der Waals surface area contributed by atoms with Crippen molar-refractivity contribution in [3.05, 3.63) is 0 Å². The van der Waals surface area contributed by atoms with Crippen LogP contribution < -0.4 is 0 Å². The normalized spacial score (nSPS) is 32.1. The maximum atomic E-state index is 11.4. The Hall–Kier alpha value is -0.145. The van der Waals surface area contributed by atoms with Crippen molar-refractivity contribution in [1.82, 2.24) is 4.81 Å². The highest BCUT2D eigenvalue weighted by molar-refractivity contribution is 14.1. The first kappa shape index (κ1) is 12.9. The Morgan fingerprint density at radius 2 is 2.40 bits per heavy atom. The van der Waals surface area contributed by atoms with Crippen LogP contribution in [-0.2, 0) is 14.3 Å². The molecule has 1 N–H and O–H groups in total. The van der Waals surface area contributed by atoms with Gasteiger partial charge in [0.1, 0.15) is 6.04 Å². The van der Waals surface area contributed by atoms with Gasteiger partial charge in [-0.1, -0.05) is 22.6 Å². The molecule has 0 amide bonds. The van der Waals surface area contributed by atoms with Gasteiger partial charge in [0, 0.05) is 10.5 Å². The molecule has 0 aromatic heterocycles. The summed E-state index contributed by atoms with van der Waals surface area (Å²) >= 11 is 2.12. The fraction of sp³-hybridized carbons (Fsp3) is 0.750. The third-order valence-electron chi connectivity index (χ3n) is 2.51. The molecule has 0 radical (unpaired) electrons. The Balaban J connectivity index is 2.71. The largest absolute Gasteiger partial charge is 0.468 e. The van der Waals surface area contributed by atoms with E-state index < -0.39 is 12.1 Å². The van der Waals surface area contributed by atoms with E-state index in [-0.39, 0.29) is 17.3 Å². The highest BCUT2D eigenvalue weighted by atomic mass is 127. The van der Waals surface area contributed by atoms with Crippen molar-refractivity contribution in [1.29, 1.82) is 0 Å². The fourth-order valence-corrected chi connectivity index (χ4v) is 2.48. The predicted octanol–water partition coefficient (Wildman–Crippen LogP) is -1.06. The topological polar surface area (TPSA) is 66.8 Å². The summed E-state index contributed by atoms with van der Waals surface area (Å²) in [6.07, 6.45) is 0.572. The number of aliphatic hydroxyl groups excluding tert-OH is 1. The third kappa shape index (κ3) is 3.15. The zero-order valence-electron chi connectivity index (χ0n) is 8.43. The number of nitrogens with zero attached hydrogens (tertiary/aromatic N) is 1. The van der Waals surface area contributed by atoms with Crippen LogP contribution in [-0.4, -0.2) is 59.2 Å². The quantitative estimate of drug-likeness (QED) is 0.236. The van der Waals surface area contributed by atoms with Crippen molar-refractivity contribution in [2.45, 2.75) is 22.5 Å². The molecule has 5 nitrogen and oxygen atoms in total. The summed E-state index contributed by atoms with van der Waals surface area (Å²) in [6.45, 7) is 0.528. The van der Waals surface area contributed by atoms with E-state index in [0.29, 0.717) is 13.0 Å². The van der Waals surface area contributed by atoms with E-state index >= 15 is 0 Å². The molecule has 1 aliphatic heterocycles. The maximum Gasteiger partial charge on any atom is 0.322 e. The maximum absolute atomic E-state index is 11.4. The number of halogens is 1. The predicted molar refractivity (Wildman–Crippen MR) is 64.8 cm³/mol. The van der Waals surface area contributed by atoms with E-state index in [4.69, 9.17) is 0 Å². The van der Waals surface area contributed by atoms with Gasteiger partial charge in [0.25, 0.3) is 7.41 Å². The second kappa shape index (κ2) is 5.81. The molecule has 0 aromatic rings. The molecule has 7 heteroatoms. The van der Waals surface area contributed by atoms with Gasteiger partial charge in [0.2, 0.25) is 0 Å². The van der Waals surface area contributed by atoms with Crippen LogP contribution in [0.4, 0.5) is 0 Å². The number of aliphatic hydroxyl groups is 1. The molecule has 0 aliphatic carbocycles. The third-order valence-corrected chi connectivity index (χ3v) is 3.74. The van der Waals surface area contributed by atoms with Crippen LogP contribution in [0.15, 0.2) is 0 Å². The number of piperidine rings is 1. The number of esters is 1. The molecule has 0 aromatic carbocycles. The number of rotatable bonds is 3. The number of alkyl halides is 1. The molecule has 0 unspecified atom stereocenters. The standard InChI is InChI=1S/C8H13BINO4/c1-15-8(14)6-2-7(13)5(10)3-11(6)9-4-12/h4-7,9,13H,2-3H2,1H3/t5-,6-,7-/m0/s1. The van der Waals surface area contributed by atoms with Crippen molar-refractivity contribution in [2.75, 3.05) is 13.7 Å². The van der Waals surface area contributed by atoms with Gasteiger partial charge in [-0.3, -0.25) is 4.79 Å². The second-order valence-electron chi connectivity index (χ2n) is 3.48. The van der Waals surface area contributed by atoms with Crippen molar-refractivity contribution in [3.8, 4) is 0 Å². The minimum absolute atomic E-state index is 0.0449. The van der Waals surface area contributed by atoms with E-state index in [9.17, 15) is 14.7 Å². The molecule has 1 rings (SSSR count). The van der Waals surface area contributed by atoms with Gasteiger partial charge < -0.3 is 19.4 Å². The van der Waals surface area contributed by atoms with E-state index in [1.165, 1.54) is 7.11 Å². The molecule has 1 aliphatic rings. The Morgan fingerprint density at radius 1 is 1.73 bits per heavy atom. The molecule has 15 heavy (non-hydrogen) atoms. The zero-order chi connectivity index (χ0) is 11.4. The summed E-state index contributed by atoms with van der Waals surface area (Å²) in [4.78, 5) is 23.6. The van der Waals surface area contributed by atoms with Crippen LogP contribution in [0.3, 0.4) is 0 Å². The Bertz CT molecular complexity index is 253. The van der Waals surface area contributed by atoms with Crippen LogP contribution in [0.5, 0.6) is 0 Å². The van der Waals surface area contributed by atoms with Crippen molar-refractivity contribution in [3.63, 3.8) is 0 Å². The molecule has 84 valence electrons. The van der Waals surface area contributed by atoms with Gasteiger partial charge in [-0.25, -0.2) is 0 Å². The van der Waals surface area contributed by atoms with Crippen LogP contribution in [0, 0.1) is 0 Å². The molecule has 1 saturated heterocycles. The summed E-state index contributed by atoms with van der Waals surface area (Å²) in [6, 6.07) is -0.499. The van der Waals surface area contributed by atoms with Crippen molar-refractivity contribution < 1.29 is 19.4 Å². The molecule has 1 fully saturated rings. The van der Waals surface area contributed by atoms with Crippen LogP contribution in [0.2, 0.25) is 0 Å². The molecule has 0 spiro atoms. The molecule has 3 atom stereocenters.